The van der Waals surface area contributed by atoms with E-state index in [1.165, 1.54) is 0 Å². The zero-order valence-electron chi connectivity index (χ0n) is 13.4. The largest absolute Gasteiger partial charge is 0.348 e. The van der Waals surface area contributed by atoms with Gasteiger partial charge in [-0.3, -0.25) is 9.59 Å². The highest BCUT2D eigenvalue weighted by molar-refractivity contribution is 8.00. The third-order valence-electron chi connectivity index (χ3n) is 3.99. The van der Waals surface area contributed by atoms with Gasteiger partial charge in [0.1, 0.15) is 6.04 Å². The lowest BCUT2D eigenvalue weighted by molar-refractivity contribution is -0.139. The fraction of sp³-hybridized carbons (Fsp3) is 0.529. The molecule has 3 unspecified atom stereocenters. The molecule has 5 heteroatoms. The average molecular weight is 320 g/mol. The Morgan fingerprint density at radius 2 is 2.00 bits per heavy atom. The van der Waals surface area contributed by atoms with Crippen molar-refractivity contribution in [2.75, 3.05) is 5.75 Å². The lowest BCUT2D eigenvalue weighted by Gasteiger charge is -2.29. The molecule has 1 saturated heterocycles. The molecule has 0 bridgehead atoms. The number of hydrogen-bond donors (Lipinski definition) is 1. The van der Waals surface area contributed by atoms with Gasteiger partial charge in [-0.05, 0) is 18.9 Å². The molecule has 0 spiro atoms. The minimum Gasteiger partial charge on any atom is -0.348 e. The highest BCUT2D eigenvalue weighted by Crippen LogP contribution is 2.32. The van der Waals surface area contributed by atoms with Crippen molar-refractivity contribution < 1.29 is 9.59 Å². The first-order valence-corrected chi connectivity index (χ1v) is 8.91. The van der Waals surface area contributed by atoms with E-state index >= 15 is 0 Å². The van der Waals surface area contributed by atoms with E-state index in [9.17, 15) is 9.59 Å². The number of carbonyl (C=O) groups excluding carboxylic acids is 2. The molecule has 1 aliphatic rings. The zero-order chi connectivity index (χ0) is 16.1. The number of amides is 2. The van der Waals surface area contributed by atoms with Crippen molar-refractivity contribution >= 4 is 23.6 Å². The Hall–Kier alpha value is -1.49. The molecule has 1 N–H and O–H groups in total. The summed E-state index contributed by atoms with van der Waals surface area (Å²) in [6.45, 7) is 5.87. The monoisotopic (exact) mass is 320 g/mol. The lowest BCUT2D eigenvalue weighted by atomic mass is 10.1. The Kier molecular flexibility index (Phi) is 5.89. The van der Waals surface area contributed by atoms with Crippen molar-refractivity contribution in [3.8, 4) is 0 Å². The van der Waals surface area contributed by atoms with Gasteiger partial charge in [0.05, 0.1) is 11.4 Å². The van der Waals surface area contributed by atoms with Crippen LogP contribution in [0.5, 0.6) is 0 Å². The first kappa shape index (κ1) is 16.9. The summed E-state index contributed by atoms with van der Waals surface area (Å²) < 4.78 is 0. The van der Waals surface area contributed by atoms with Crippen LogP contribution in [0.2, 0.25) is 0 Å². The number of rotatable bonds is 5. The van der Waals surface area contributed by atoms with Crippen LogP contribution in [0.4, 0.5) is 0 Å². The van der Waals surface area contributed by atoms with Crippen LogP contribution in [0.1, 0.15) is 45.2 Å². The molecule has 0 aliphatic carbocycles. The van der Waals surface area contributed by atoms with Crippen LogP contribution in [0.15, 0.2) is 30.3 Å². The highest BCUT2D eigenvalue weighted by atomic mass is 32.2. The molecule has 2 amide bonds. The molecule has 2 rings (SSSR count). The van der Waals surface area contributed by atoms with E-state index < -0.39 is 0 Å². The first-order chi connectivity index (χ1) is 10.6. The van der Waals surface area contributed by atoms with Gasteiger partial charge in [0.15, 0.2) is 0 Å². The maximum atomic E-state index is 12.6. The Morgan fingerprint density at radius 1 is 1.32 bits per heavy atom. The summed E-state index contributed by atoms with van der Waals surface area (Å²) in [5.74, 6) is 0.684. The fourth-order valence-electron chi connectivity index (χ4n) is 2.73. The standard InChI is InChI=1S/C17H24N2O2S/c1-4-15(20)19-14(11-22-16(19)5-2)17(21)18-12(3)13-9-7-6-8-10-13/h6-10,12,14,16H,4-5,11H2,1-3H3,(H,18,21). The molecular weight excluding hydrogens is 296 g/mol. The summed E-state index contributed by atoms with van der Waals surface area (Å²) in [5, 5.41) is 3.17. The SMILES string of the molecule is CCC(=O)N1C(CC)SCC1C(=O)NC(C)c1ccccc1. The number of nitrogens with one attached hydrogen (secondary N) is 1. The van der Waals surface area contributed by atoms with Crippen LogP contribution >= 0.6 is 11.8 Å². The molecule has 0 radical (unpaired) electrons. The Morgan fingerprint density at radius 3 is 2.59 bits per heavy atom. The van der Waals surface area contributed by atoms with Gasteiger partial charge in [0.25, 0.3) is 0 Å². The van der Waals surface area contributed by atoms with Gasteiger partial charge in [-0.2, -0.15) is 0 Å². The Bertz CT molecular complexity index is 521. The van der Waals surface area contributed by atoms with Crippen LogP contribution in [0, 0.1) is 0 Å². The topological polar surface area (TPSA) is 49.4 Å². The molecule has 120 valence electrons. The summed E-state index contributed by atoms with van der Waals surface area (Å²) >= 11 is 1.70. The molecule has 1 fully saturated rings. The molecule has 1 aromatic carbocycles. The average Bonchev–Trinajstić information content (AvgIpc) is 2.99. The normalized spacial score (nSPS) is 22.4. The second-order valence-electron chi connectivity index (χ2n) is 5.51. The number of benzene rings is 1. The summed E-state index contributed by atoms with van der Waals surface area (Å²) in [6, 6.07) is 9.47. The molecular formula is C17H24N2O2S. The van der Waals surface area contributed by atoms with Crippen molar-refractivity contribution in [2.45, 2.75) is 51.1 Å². The van der Waals surface area contributed by atoms with E-state index in [2.05, 4.69) is 12.2 Å². The van der Waals surface area contributed by atoms with Gasteiger partial charge >= 0.3 is 0 Å². The lowest BCUT2D eigenvalue weighted by Crippen LogP contribution is -2.50. The Balaban J connectivity index is 2.06. The molecule has 4 nitrogen and oxygen atoms in total. The second kappa shape index (κ2) is 7.68. The van der Waals surface area contributed by atoms with Crippen LogP contribution in [0.3, 0.4) is 0 Å². The summed E-state index contributed by atoms with van der Waals surface area (Å²) in [7, 11) is 0. The number of nitrogens with zero attached hydrogens (tertiary/aromatic N) is 1. The van der Waals surface area contributed by atoms with E-state index in [4.69, 9.17) is 0 Å². The third-order valence-corrected chi connectivity index (χ3v) is 5.45. The minimum atomic E-state index is -0.353. The number of carbonyl (C=O) groups is 2. The van der Waals surface area contributed by atoms with E-state index in [0.717, 1.165) is 12.0 Å². The third kappa shape index (κ3) is 3.64. The van der Waals surface area contributed by atoms with Crippen LogP contribution in [-0.4, -0.2) is 33.9 Å². The molecule has 1 aromatic rings. The van der Waals surface area contributed by atoms with Crippen molar-refractivity contribution in [1.29, 1.82) is 0 Å². The van der Waals surface area contributed by atoms with Gasteiger partial charge in [-0.1, -0.05) is 44.2 Å². The predicted octanol–water partition coefficient (Wildman–Crippen LogP) is 2.95. The van der Waals surface area contributed by atoms with Gasteiger partial charge in [-0.15, -0.1) is 11.8 Å². The minimum absolute atomic E-state index is 0.0541. The molecule has 1 heterocycles. The first-order valence-electron chi connectivity index (χ1n) is 7.86. The molecule has 22 heavy (non-hydrogen) atoms. The Labute approximate surface area is 136 Å². The van der Waals surface area contributed by atoms with Crippen molar-refractivity contribution in [3.63, 3.8) is 0 Å². The number of thioether (sulfide) groups is 1. The summed E-state index contributed by atoms with van der Waals surface area (Å²) in [6.07, 6.45) is 1.31. The van der Waals surface area contributed by atoms with E-state index in [1.807, 2.05) is 44.2 Å². The van der Waals surface area contributed by atoms with E-state index in [-0.39, 0.29) is 29.3 Å². The van der Waals surface area contributed by atoms with Crippen molar-refractivity contribution in [2.24, 2.45) is 0 Å². The quantitative estimate of drug-likeness (QED) is 0.907. The second-order valence-corrected chi connectivity index (χ2v) is 6.72. The van der Waals surface area contributed by atoms with Gasteiger partial charge in [-0.25, -0.2) is 0 Å². The smallest absolute Gasteiger partial charge is 0.244 e. The maximum absolute atomic E-state index is 12.6. The zero-order valence-corrected chi connectivity index (χ0v) is 14.2. The summed E-state index contributed by atoms with van der Waals surface area (Å²) in [5.41, 5.74) is 1.07. The van der Waals surface area contributed by atoms with Gasteiger partial charge in [0.2, 0.25) is 11.8 Å². The number of hydrogen-bond acceptors (Lipinski definition) is 3. The molecule has 1 aliphatic heterocycles. The van der Waals surface area contributed by atoms with E-state index in [1.54, 1.807) is 16.7 Å². The maximum Gasteiger partial charge on any atom is 0.244 e. The highest BCUT2D eigenvalue weighted by Gasteiger charge is 2.40. The van der Waals surface area contributed by atoms with Crippen molar-refractivity contribution in [1.82, 2.24) is 10.2 Å². The molecule has 0 aromatic heterocycles. The predicted molar refractivity (Wildman–Crippen MR) is 90.5 cm³/mol. The fourth-order valence-corrected chi connectivity index (χ4v) is 4.11. The van der Waals surface area contributed by atoms with Gasteiger partial charge < -0.3 is 10.2 Å². The van der Waals surface area contributed by atoms with Crippen molar-refractivity contribution in [3.05, 3.63) is 35.9 Å². The molecule has 0 saturated carbocycles. The summed E-state index contributed by atoms with van der Waals surface area (Å²) in [4.78, 5) is 26.6. The van der Waals surface area contributed by atoms with Crippen LogP contribution in [-0.2, 0) is 9.59 Å². The molecule has 3 atom stereocenters. The van der Waals surface area contributed by atoms with Gasteiger partial charge in [0, 0.05) is 12.2 Å². The van der Waals surface area contributed by atoms with E-state index in [0.29, 0.717) is 12.2 Å². The van der Waals surface area contributed by atoms with Crippen LogP contribution < -0.4 is 5.32 Å². The van der Waals surface area contributed by atoms with Crippen LogP contribution in [0.25, 0.3) is 0 Å².